The normalized spacial score (nSPS) is 16.1. The first-order valence-electron chi connectivity index (χ1n) is 7.99. The second-order valence-corrected chi connectivity index (χ2v) is 6.13. The lowest BCUT2D eigenvalue weighted by Crippen LogP contribution is -2.33. The third-order valence-electron chi connectivity index (χ3n) is 4.71. The second kappa shape index (κ2) is 5.53. The average Bonchev–Trinajstić information content (AvgIpc) is 3.05. The molecule has 118 valence electrons. The molecule has 0 atom stereocenters. The van der Waals surface area contributed by atoms with Gasteiger partial charge in [0.1, 0.15) is 18.0 Å². The molecule has 3 aromatic rings. The van der Waals surface area contributed by atoms with Gasteiger partial charge in [-0.1, -0.05) is 24.3 Å². The van der Waals surface area contributed by atoms with Crippen molar-refractivity contribution in [3.63, 3.8) is 0 Å². The molecule has 2 N–H and O–H groups in total. The first-order chi connectivity index (χ1) is 11.2. The first-order valence-corrected chi connectivity index (χ1v) is 7.99. The molecule has 23 heavy (non-hydrogen) atoms. The fourth-order valence-electron chi connectivity index (χ4n) is 3.45. The van der Waals surface area contributed by atoms with Crippen molar-refractivity contribution in [2.24, 2.45) is 0 Å². The molecule has 0 aliphatic carbocycles. The summed E-state index contributed by atoms with van der Waals surface area (Å²) in [5.74, 6) is 2.65. The molecule has 0 saturated carbocycles. The molecule has 0 amide bonds. The van der Waals surface area contributed by atoms with E-state index in [1.54, 1.807) is 4.52 Å². The van der Waals surface area contributed by atoms with Crippen molar-refractivity contribution in [1.29, 1.82) is 0 Å². The maximum Gasteiger partial charge on any atom is 0.256 e. The number of nitrogens with zero attached hydrogens (tertiary/aromatic N) is 5. The van der Waals surface area contributed by atoms with Gasteiger partial charge in [0.2, 0.25) is 0 Å². The Balaban J connectivity index is 1.53. The van der Waals surface area contributed by atoms with E-state index in [-0.39, 0.29) is 0 Å². The van der Waals surface area contributed by atoms with Crippen molar-refractivity contribution in [2.75, 3.05) is 23.7 Å². The van der Waals surface area contributed by atoms with Crippen LogP contribution in [0.4, 0.5) is 11.6 Å². The van der Waals surface area contributed by atoms with E-state index < -0.39 is 0 Å². The smallest absolute Gasteiger partial charge is 0.256 e. The Morgan fingerprint density at radius 1 is 1.17 bits per heavy atom. The lowest BCUT2D eigenvalue weighted by molar-refractivity contribution is 0.501. The highest BCUT2D eigenvalue weighted by molar-refractivity contribution is 5.53. The number of rotatable bonds is 2. The summed E-state index contributed by atoms with van der Waals surface area (Å²) >= 11 is 0. The molecular formula is C17H20N6. The fourth-order valence-corrected chi connectivity index (χ4v) is 3.45. The maximum atomic E-state index is 6.04. The molecule has 6 nitrogen and oxygen atoms in total. The van der Waals surface area contributed by atoms with Crippen LogP contribution in [0.3, 0.4) is 0 Å². The number of aryl methyl sites for hydroxylation is 1. The minimum absolute atomic E-state index is 0.557. The molecule has 0 spiro atoms. The zero-order valence-electron chi connectivity index (χ0n) is 13.2. The monoisotopic (exact) mass is 308 g/mol. The van der Waals surface area contributed by atoms with Crippen LogP contribution in [0.25, 0.3) is 5.78 Å². The Kier molecular flexibility index (Phi) is 3.37. The van der Waals surface area contributed by atoms with Crippen LogP contribution in [0, 0.1) is 6.92 Å². The van der Waals surface area contributed by atoms with Crippen molar-refractivity contribution in [1.82, 2.24) is 19.6 Å². The molecule has 0 bridgehead atoms. The summed E-state index contributed by atoms with van der Waals surface area (Å²) in [6, 6.07) is 10.6. The molecule has 2 aromatic heterocycles. The van der Waals surface area contributed by atoms with E-state index in [0.29, 0.717) is 17.5 Å². The Hall–Kier alpha value is -2.63. The molecule has 1 fully saturated rings. The van der Waals surface area contributed by atoms with E-state index in [1.807, 2.05) is 6.07 Å². The number of piperidine rings is 1. The molecule has 1 aromatic carbocycles. The highest BCUT2D eigenvalue weighted by Gasteiger charge is 2.23. The number of aromatic nitrogens is 4. The van der Waals surface area contributed by atoms with Crippen LogP contribution >= 0.6 is 0 Å². The zero-order chi connectivity index (χ0) is 15.8. The van der Waals surface area contributed by atoms with Crippen molar-refractivity contribution >= 4 is 17.4 Å². The number of nitrogen functional groups attached to an aromatic ring is 1. The Morgan fingerprint density at radius 3 is 2.74 bits per heavy atom. The Morgan fingerprint density at radius 2 is 1.96 bits per heavy atom. The predicted molar refractivity (Wildman–Crippen MR) is 90.6 cm³/mol. The third kappa shape index (κ3) is 2.50. The maximum absolute atomic E-state index is 6.04. The summed E-state index contributed by atoms with van der Waals surface area (Å²) in [4.78, 5) is 11.0. The minimum Gasteiger partial charge on any atom is -0.383 e. The quantitative estimate of drug-likeness (QED) is 0.787. The molecular weight excluding hydrogens is 288 g/mol. The summed E-state index contributed by atoms with van der Waals surface area (Å²) < 4.78 is 1.56. The summed E-state index contributed by atoms with van der Waals surface area (Å²) in [6.07, 6.45) is 3.74. The number of hydrogen-bond acceptors (Lipinski definition) is 5. The Labute approximate surface area is 135 Å². The van der Waals surface area contributed by atoms with Gasteiger partial charge < -0.3 is 10.6 Å². The SMILES string of the molecule is Cc1ccccc1C1CCN(c2cc(N)n3ncnc3n2)CC1. The van der Waals surface area contributed by atoms with Crippen molar-refractivity contribution in [3.05, 3.63) is 47.8 Å². The van der Waals surface area contributed by atoms with Gasteiger partial charge in [-0.15, -0.1) is 0 Å². The lowest BCUT2D eigenvalue weighted by Gasteiger charge is -2.33. The van der Waals surface area contributed by atoms with Gasteiger partial charge in [-0.3, -0.25) is 0 Å². The molecule has 1 saturated heterocycles. The van der Waals surface area contributed by atoms with Crippen molar-refractivity contribution in [2.45, 2.75) is 25.7 Å². The zero-order valence-corrected chi connectivity index (χ0v) is 13.2. The number of fused-ring (bicyclic) bond motifs is 1. The van der Waals surface area contributed by atoms with Gasteiger partial charge in [0.15, 0.2) is 0 Å². The summed E-state index contributed by atoms with van der Waals surface area (Å²) in [5, 5.41) is 4.07. The van der Waals surface area contributed by atoms with Crippen molar-refractivity contribution < 1.29 is 0 Å². The highest BCUT2D eigenvalue weighted by atomic mass is 15.4. The standard InChI is InChI=1S/C17H20N6/c1-12-4-2-3-5-14(12)13-6-8-22(9-7-13)16-10-15(18)23-17(21-16)19-11-20-23/h2-5,10-11,13H,6-9,18H2,1H3. The van der Waals surface area contributed by atoms with E-state index in [0.717, 1.165) is 31.7 Å². The third-order valence-corrected chi connectivity index (χ3v) is 4.71. The number of hydrogen-bond donors (Lipinski definition) is 1. The molecule has 4 rings (SSSR count). The molecule has 1 aliphatic rings. The van der Waals surface area contributed by atoms with Gasteiger partial charge in [-0.2, -0.15) is 19.6 Å². The topological polar surface area (TPSA) is 72.3 Å². The summed E-state index contributed by atoms with van der Waals surface area (Å²) in [7, 11) is 0. The van der Waals surface area contributed by atoms with E-state index in [2.05, 4.69) is 51.2 Å². The summed E-state index contributed by atoms with van der Waals surface area (Å²) in [5.41, 5.74) is 8.91. The number of anilines is 2. The Bertz CT molecular complexity index is 832. The van der Waals surface area contributed by atoms with Crippen LogP contribution < -0.4 is 10.6 Å². The van der Waals surface area contributed by atoms with E-state index >= 15 is 0 Å². The minimum atomic E-state index is 0.557. The van der Waals surface area contributed by atoms with Gasteiger partial charge in [-0.05, 0) is 36.8 Å². The van der Waals surface area contributed by atoms with Crippen molar-refractivity contribution in [3.8, 4) is 0 Å². The molecule has 3 heterocycles. The van der Waals surface area contributed by atoms with E-state index in [1.165, 1.54) is 17.5 Å². The second-order valence-electron chi connectivity index (χ2n) is 6.13. The number of benzene rings is 1. The van der Waals surface area contributed by atoms with E-state index in [9.17, 15) is 0 Å². The van der Waals surface area contributed by atoms with Crippen LogP contribution in [0.2, 0.25) is 0 Å². The van der Waals surface area contributed by atoms with Crippen LogP contribution in [-0.4, -0.2) is 32.7 Å². The van der Waals surface area contributed by atoms with Gasteiger partial charge in [0.05, 0.1) is 0 Å². The van der Waals surface area contributed by atoms with Gasteiger partial charge in [0.25, 0.3) is 5.78 Å². The molecule has 1 aliphatic heterocycles. The largest absolute Gasteiger partial charge is 0.383 e. The highest BCUT2D eigenvalue weighted by Crippen LogP contribution is 2.31. The molecule has 0 unspecified atom stereocenters. The fraction of sp³-hybridized carbons (Fsp3) is 0.353. The average molecular weight is 308 g/mol. The van der Waals surface area contributed by atoms with Crippen LogP contribution in [-0.2, 0) is 0 Å². The lowest BCUT2D eigenvalue weighted by atomic mass is 9.87. The summed E-state index contributed by atoms with van der Waals surface area (Å²) in [6.45, 7) is 4.16. The van der Waals surface area contributed by atoms with Crippen LogP contribution in [0.5, 0.6) is 0 Å². The van der Waals surface area contributed by atoms with E-state index in [4.69, 9.17) is 5.73 Å². The predicted octanol–water partition coefficient (Wildman–Crippen LogP) is 2.40. The molecule has 0 radical (unpaired) electrons. The van der Waals surface area contributed by atoms with Crippen LogP contribution in [0.1, 0.15) is 29.9 Å². The van der Waals surface area contributed by atoms with Gasteiger partial charge in [0, 0.05) is 19.2 Å². The first kappa shape index (κ1) is 14.0. The van der Waals surface area contributed by atoms with Gasteiger partial charge in [-0.25, -0.2) is 0 Å². The van der Waals surface area contributed by atoms with Gasteiger partial charge >= 0.3 is 0 Å². The van der Waals surface area contributed by atoms with Crippen LogP contribution in [0.15, 0.2) is 36.7 Å². The molecule has 6 heteroatoms. The number of nitrogens with two attached hydrogens (primary N) is 1.